The SMILES string of the molecule is COc1ccc(C)cc1C(NN)c1ccnnc1. The summed E-state index contributed by atoms with van der Waals surface area (Å²) in [6.07, 6.45) is 3.33. The Labute approximate surface area is 106 Å². The lowest BCUT2D eigenvalue weighted by Crippen LogP contribution is -2.29. The summed E-state index contributed by atoms with van der Waals surface area (Å²) in [5, 5.41) is 7.64. The van der Waals surface area contributed by atoms with E-state index in [1.807, 2.05) is 31.2 Å². The van der Waals surface area contributed by atoms with Crippen LogP contribution in [0.4, 0.5) is 0 Å². The van der Waals surface area contributed by atoms with Gasteiger partial charge in [-0.2, -0.15) is 10.2 Å². The van der Waals surface area contributed by atoms with Gasteiger partial charge in [-0.3, -0.25) is 5.84 Å². The lowest BCUT2D eigenvalue weighted by molar-refractivity contribution is 0.404. The number of rotatable bonds is 4. The highest BCUT2D eigenvalue weighted by molar-refractivity contribution is 5.43. The van der Waals surface area contributed by atoms with Gasteiger partial charge in [0.1, 0.15) is 5.75 Å². The van der Waals surface area contributed by atoms with E-state index in [9.17, 15) is 0 Å². The number of hydrogen-bond acceptors (Lipinski definition) is 5. The van der Waals surface area contributed by atoms with Crippen molar-refractivity contribution in [3.05, 3.63) is 53.3 Å². The summed E-state index contributed by atoms with van der Waals surface area (Å²) in [5.74, 6) is 6.45. The van der Waals surface area contributed by atoms with Crippen LogP contribution in [0.15, 0.2) is 36.7 Å². The molecule has 5 heteroatoms. The first-order valence-electron chi connectivity index (χ1n) is 5.63. The van der Waals surface area contributed by atoms with Gasteiger partial charge >= 0.3 is 0 Å². The molecular formula is C13H16N4O. The molecule has 0 radical (unpaired) electrons. The van der Waals surface area contributed by atoms with Gasteiger partial charge in [0.05, 0.1) is 19.3 Å². The topological polar surface area (TPSA) is 73.1 Å². The summed E-state index contributed by atoms with van der Waals surface area (Å²) >= 11 is 0. The summed E-state index contributed by atoms with van der Waals surface area (Å²) in [6, 6.07) is 7.68. The molecule has 0 fully saturated rings. The summed E-state index contributed by atoms with van der Waals surface area (Å²) in [5.41, 5.74) is 5.86. The number of hydrazine groups is 1. The minimum atomic E-state index is -0.171. The fourth-order valence-electron chi connectivity index (χ4n) is 1.92. The fourth-order valence-corrected chi connectivity index (χ4v) is 1.92. The van der Waals surface area contributed by atoms with Crippen molar-refractivity contribution in [1.82, 2.24) is 15.6 Å². The van der Waals surface area contributed by atoms with Crippen molar-refractivity contribution < 1.29 is 4.74 Å². The Bertz CT molecular complexity index is 516. The molecule has 94 valence electrons. The Morgan fingerprint density at radius 2 is 2.11 bits per heavy atom. The third-order valence-corrected chi connectivity index (χ3v) is 2.80. The molecule has 0 spiro atoms. The Morgan fingerprint density at radius 3 is 2.72 bits per heavy atom. The van der Waals surface area contributed by atoms with Gasteiger partial charge in [-0.25, -0.2) is 5.43 Å². The van der Waals surface area contributed by atoms with Gasteiger partial charge < -0.3 is 4.74 Å². The van der Waals surface area contributed by atoms with Crippen LogP contribution in [0.25, 0.3) is 0 Å². The van der Waals surface area contributed by atoms with E-state index in [-0.39, 0.29) is 6.04 Å². The first kappa shape index (κ1) is 12.5. The number of nitrogens with two attached hydrogens (primary N) is 1. The van der Waals surface area contributed by atoms with Crippen molar-refractivity contribution in [3.63, 3.8) is 0 Å². The van der Waals surface area contributed by atoms with Crippen LogP contribution in [0.5, 0.6) is 5.75 Å². The molecule has 18 heavy (non-hydrogen) atoms. The number of methoxy groups -OCH3 is 1. The van der Waals surface area contributed by atoms with Crippen molar-refractivity contribution in [2.45, 2.75) is 13.0 Å². The molecule has 1 atom stereocenters. The number of nitrogens with zero attached hydrogens (tertiary/aromatic N) is 2. The van der Waals surface area contributed by atoms with Gasteiger partial charge in [0.15, 0.2) is 0 Å². The predicted molar refractivity (Wildman–Crippen MR) is 68.9 cm³/mol. The Morgan fingerprint density at radius 1 is 1.28 bits per heavy atom. The number of ether oxygens (including phenoxy) is 1. The molecule has 1 aromatic carbocycles. The summed E-state index contributed by atoms with van der Waals surface area (Å²) < 4.78 is 5.37. The molecular weight excluding hydrogens is 228 g/mol. The maximum Gasteiger partial charge on any atom is 0.124 e. The van der Waals surface area contributed by atoms with Crippen LogP contribution in [-0.2, 0) is 0 Å². The zero-order valence-electron chi connectivity index (χ0n) is 10.4. The van der Waals surface area contributed by atoms with E-state index in [1.165, 1.54) is 0 Å². The van der Waals surface area contributed by atoms with Crippen LogP contribution >= 0.6 is 0 Å². The monoisotopic (exact) mass is 244 g/mol. The molecule has 3 N–H and O–H groups in total. The van der Waals surface area contributed by atoms with E-state index in [0.717, 1.165) is 22.4 Å². The van der Waals surface area contributed by atoms with E-state index in [0.29, 0.717) is 0 Å². The highest BCUT2D eigenvalue weighted by Crippen LogP contribution is 2.29. The number of hydrogen-bond donors (Lipinski definition) is 2. The van der Waals surface area contributed by atoms with Gasteiger partial charge in [-0.05, 0) is 24.6 Å². The van der Waals surface area contributed by atoms with E-state index in [4.69, 9.17) is 10.6 Å². The van der Waals surface area contributed by atoms with Crippen molar-refractivity contribution >= 4 is 0 Å². The van der Waals surface area contributed by atoms with Crippen molar-refractivity contribution in [3.8, 4) is 5.75 Å². The van der Waals surface area contributed by atoms with Gasteiger partial charge in [0.2, 0.25) is 0 Å². The van der Waals surface area contributed by atoms with Crippen molar-refractivity contribution in [2.24, 2.45) is 5.84 Å². The van der Waals surface area contributed by atoms with Crippen LogP contribution in [0.1, 0.15) is 22.7 Å². The number of aryl methyl sites for hydroxylation is 1. The number of aromatic nitrogens is 2. The maximum atomic E-state index is 5.66. The van der Waals surface area contributed by atoms with Crippen LogP contribution in [0.3, 0.4) is 0 Å². The fraction of sp³-hybridized carbons (Fsp3) is 0.231. The quantitative estimate of drug-likeness (QED) is 0.627. The average Bonchev–Trinajstić information content (AvgIpc) is 2.41. The van der Waals surface area contributed by atoms with E-state index in [2.05, 4.69) is 15.6 Å². The molecule has 0 aliphatic heterocycles. The Hall–Kier alpha value is -1.98. The summed E-state index contributed by atoms with van der Waals surface area (Å²) in [6.45, 7) is 2.03. The zero-order chi connectivity index (χ0) is 13.0. The van der Waals surface area contributed by atoms with E-state index in [1.54, 1.807) is 19.5 Å². The highest BCUT2D eigenvalue weighted by Gasteiger charge is 2.17. The summed E-state index contributed by atoms with van der Waals surface area (Å²) in [7, 11) is 1.65. The Kier molecular flexibility index (Phi) is 3.86. The highest BCUT2D eigenvalue weighted by atomic mass is 16.5. The molecule has 0 aliphatic rings. The molecule has 0 aliphatic carbocycles. The molecule has 0 bridgehead atoms. The first-order chi connectivity index (χ1) is 8.76. The predicted octanol–water partition coefficient (Wildman–Crippen LogP) is 1.35. The van der Waals surface area contributed by atoms with Crippen LogP contribution in [-0.4, -0.2) is 17.3 Å². The second-order valence-electron chi connectivity index (χ2n) is 4.02. The Balaban J connectivity index is 2.48. The smallest absolute Gasteiger partial charge is 0.124 e. The molecule has 0 saturated carbocycles. The number of benzene rings is 1. The van der Waals surface area contributed by atoms with Crippen LogP contribution < -0.4 is 16.0 Å². The third kappa shape index (κ3) is 2.47. The minimum Gasteiger partial charge on any atom is -0.496 e. The molecule has 1 heterocycles. The normalized spacial score (nSPS) is 12.2. The van der Waals surface area contributed by atoms with Gasteiger partial charge in [0.25, 0.3) is 0 Å². The molecule has 2 rings (SSSR count). The van der Waals surface area contributed by atoms with Gasteiger partial charge in [-0.1, -0.05) is 17.7 Å². The first-order valence-corrected chi connectivity index (χ1v) is 5.63. The van der Waals surface area contributed by atoms with Crippen LogP contribution in [0.2, 0.25) is 0 Å². The average molecular weight is 244 g/mol. The van der Waals surface area contributed by atoms with Crippen molar-refractivity contribution in [1.29, 1.82) is 0 Å². The molecule has 0 saturated heterocycles. The third-order valence-electron chi connectivity index (χ3n) is 2.80. The van der Waals surface area contributed by atoms with E-state index >= 15 is 0 Å². The summed E-state index contributed by atoms with van der Waals surface area (Å²) in [4.78, 5) is 0. The second-order valence-corrected chi connectivity index (χ2v) is 4.02. The minimum absolute atomic E-state index is 0.171. The van der Waals surface area contributed by atoms with Gasteiger partial charge in [0, 0.05) is 11.8 Å². The standard InChI is InChI=1S/C13H16N4O/c1-9-3-4-12(18-2)11(7-9)13(17-14)10-5-6-15-16-8-10/h3-8,13,17H,14H2,1-2H3. The largest absolute Gasteiger partial charge is 0.496 e. The van der Waals surface area contributed by atoms with E-state index < -0.39 is 0 Å². The molecule has 5 nitrogen and oxygen atoms in total. The van der Waals surface area contributed by atoms with Gasteiger partial charge in [-0.15, -0.1) is 0 Å². The van der Waals surface area contributed by atoms with Crippen LogP contribution in [0, 0.1) is 6.92 Å². The van der Waals surface area contributed by atoms with Crippen molar-refractivity contribution in [2.75, 3.05) is 7.11 Å². The zero-order valence-corrected chi connectivity index (χ0v) is 10.4. The lowest BCUT2D eigenvalue weighted by atomic mass is 9.98. The second kappa shape index (κ2) is 5.57. The number of nitrogens with one attached hydrogen (secondary N) is 1. The lowest BCUT2D eigenvalue weighted by Gasteiger charge is -2.19. The maximum absolute atomic E-state index is 5.66. The molecule has 2 aromatic rings. The molecule has 1 unspecified atom stereocenters. The molecule has 1 aromatic heterocycles. The molecule has 0 amide bonds.